The highest BCUT2D eigenvalue weighted by atomic mass is 19.1. The minimum Gasteiger partial charge on any atom is -0.314 e. The predicted octanol–water partition coefficient (Wildman–Crippen LogP) is 3.62. The van der Waals surface area contributed by atoms with Gasteiger partial charge in [0.15, 0.2) is 0 Å². The second-order valence-electron chi connectivity index (χ2n) is 4.26. The van der Waals surface area contributed by atoms with Gasteiger partial charge in [0.2, 0.25) is 0 Å². The van der Waals surface area contributed by atoms with Crippen LogP contribution in [0.25, 0.3) is 5.57 Å². The Kier molecular flexibility index (Phi) is 5.20. The minimum absolute atomic E-state index is 0.145. The molecule has 0 bridgehead atoms. The summed E-state index contributed by atoms with van der Waals surface area (Å²) in [5.74, 6) is -0.145. The van der Waals surface area contributed by atoms with Gasteiger partial charge < -0.3 is 5.32 Å². The molecule has 1 N–H and O–H groups in total. The zero-order chi connectivity index (χ0) is 12.0. The van der Waals surface area contributed by atoms with Crippen LogP contribution in [0.15, 0.2) is 30.3 Å². The van der Waals surface area contributed by atoms with Crippen LogP contribution in [0.4, 0.5) is 4.39 Å². The monoisotopic (exact) mass is 221 g/mol. The van der Waals surface area contributed by atoms with Gasteiger partial charge in [-0.15, -0.1) is 0 Å². The van der Waals surface area contributed by atoms with Crippen molar-refractivity contribution in [1.82, 2.24) is 5.32 Å². The summed E-state index contributed by atoms with van der Waals surface area (Å²) in [6, 6.07) is 7.40. The van der Waals surface area contributed by atoms with Crippen molar-refractivity contribution in [1.29, 1.82) is 0 Å². The van der Waals surface area contributed by atoms with E-state index in [1.165, 1.54) is 6.07 Å². The van der Waals surface area contributed by atoms with Gasteiger partial charge in [0.05, 0.1) is 0 Å². The fraction of sp³-hybridized carbons (Fsp3) is 0.429. The van der Waals surface area contributed by atoms with E-state index in [4.69, 9.17) is 0 Å². The summed E-state index contributed by atoms with van der Waals surface area (Å²) in [6.45, 7) is 7.12. The normalized spacial score (nSPS) is 12.2. The van der Waals surface area contributed by atoms with Crippen molar-refractivity contribution in [3.63, 3.8) is 0 Å². The molecule has 0 aliphatic carbocycles. The first-order valence-electron chi connectivity index (χ1n) is 5.76. The Morgan fingerprint density at radius 1 is 1.38 bits per heavy atom. The largest absolute Gasteiger partial charge is 0.314 e. The van der Waals surface area contributed by atoms with Gasteiger partial charge in [-0.05, 0) is 31.5 Å². The van der Waals surface area contributed by atoms with Crippen LogP contribution in [0.3, 0.4) is 0 Å². The number of allylic oxidation sites excluding steroid dienone is 1. The average molecular weight is 221 g/mol. The van der Waals surface area contributed by atoms with Gasteiger partial charge >= 0.3 is 0 Å². The summed E-state index contributed by atoms with van der Waals surface area (Å²) in [7, 11) is 0. The van der Waals surface area contributed by atoms with E-state index in [0.29, 0.717) is 11.6 Å². The number of nitrogens with one attached hydrogen (secondary N) is 1. The Morgan fingerprint density at radius 2 is 2.06 bits per heavy atom. The van der Waals surface area contributed by atoms with E-state index in [-0.39, 0.29) is 5.82 Å². The zero-order valence-corrected chi connectivity index (χ0v) is 10.3. The van der Waals surface area contributed by atoms with Crippen molar-refractivity contribution in [3.05, 3.63) is 41.7 Å². The maximum atomic E-state index is 13.4. The fourth-order valence-corrected chi connectivity index (χ4v) is 1.55. The molecule has 0 spiro atoms. The summed E-state index contributed by atoms with van der Waals surface area (Å²) in [5, 5.41) is 3.33. The lowest BCUT2D eigenvalue weighted by molar-refractivity contribution is 0.594. The van der Waals surface area contributed by atoms with Crippen LogP contribution in [0.5, 0.6) is 0 Å². The van der Waals surface area contributed by atoms with E-state index in [1.807, 2.05) is 19.1 Å². The van der Waals surface area contributed by atoms with Crippen LogP contribution in [0, 0.1) is 5.82 Å². The molecule has 0 saturated carbocycles. The highest BCUT2D eigenvalue weighted by molar-refractivity contribution is 5.63. The highest BCUT2D eigenvalue weighted by Crippen LogP contribution is 2.17. The minimum atomic E-state index is -0.145. The number of halogens is 1. The Balaban J connectivity index is 2.54. The van der Waals surface area contributed by atoms with E-state index in [1.54, 1.807) is 6.07 Å². The molecule has 2 heteroatoms. The van der Waals surface area contributed by atoms with Crippen molar-refractivity contribution in [2.24, 2.45) is 0 Å². The van der Waals surface area contributed by atoms with Gasteiger partial charge in [0, 0.05) is 11.6 Å². The molecule has 1 aromatic carbocycles. The molecular formula is C14H20FN. The molecule has 1 aromatic rings. The van der Waals surface area contributed by atoms with Crippen molar-refractivity contribution in [2.75, 3.05) is 6.54 Å². The lowest BCUT2D eigenvalue weighted by atomic mass is 10.1. The van der Waals surface area contributed by atoms with Gasteiger partial charge in [-0.1, -0.05) is 38.1 Å². The Morgan fingerprint density at radius 3 is 2.69 bits per heavy atom. The molecule has 0 amide bonds. The predicted molar refractivity (Wildman–Crippen MR) is 67.8 cm³/mol. The van der Waals surface area contributed by atoms with E-state index >= 15 is 0 Å². The maximum Gasteiger partial charge on any atom is 0.130 e. The molecule has 0 saturated heterocycles. The van der Waals surface area contributed by atoms with Gasteiger partial charge in [-0.3, -0.25) is 0 Å². The second-order valence-corrected chi connectivity index (χ2v) is 4.26. The highest BCUT2D eigenvalue weighted by Gasteiger charge is 2.01. The summed E-state index contributed by atoms with van der Waals surface area (Å²) in [5.41, 5.74) is 1.70. The standard InChI is InChI=1S/C14H20FN/c1-11(2)16-10-6-7-12(3)13-8-4-5-9-14(13)15/h4-5,7-9,11,16H,6,10H2,1-3H3. The van der Waals surface area contributed by atoms with Crippen molar-refractivity contribution in [3.8, 4) is 0 Å². The first-order chi connectivity index (χ1) is 7.61. The molecule has 0 aromatic heterocycles. The lowest BCUT2D eigenvalue weighted by Gasteiger charge is -2.07. The van der Waals surface area contributed by atoms with Gasteiger partial charge in [-0.2, -0.15) is 0 Å². The molecule has 16 heavy (non-hydrogen) atoms. The van der Waals surface area contributed by atoms with Crippen molar-refractivity contribution in [2.45, 2.75) is 33.2 Å². The first-order valence-corrected chi connectivity index (χ1v) is 5.76. The maximum absolute atomic E-state index is 13.4. The first kappa shape index (κ1) is 12.9. The molecule has 0 aliphatic rings. The van der Waals surface area contributed by atoms with Crippen molar-refractivity contribution < 1.29 is 4.39 Å². The van der Waals surface area contributed by atoms with E-state index in [9.17, 15) is 4.39 Å². The molecule has 0 fully saturated rings. The molecule has 1 rings (SSSR count). The van der Waals surface area contributed by atoms with E-state index in [0.717, 1.165) is 18.5 Å². The number of hydrogen-bond acceptors (Lipinski definition) is 1. The van der Waals surface area contributed by atoms with Crippen LogP contribution in [-0.2, 0) is 0 Å². The zero-order valence-electron chi connectivity index (χ0n) is 10.3. The molecule has 0 atom stereocenters. The quantitative estimate of drug-likeness (QED) is 0.749. The van der Waals surface area contributed by atoms with Crippen molar-refractivity contribution >= 4 is 5.57 Å². The summed E-state index contributed by atoms with van der Waals surface area (Å²) < 4.78 is 13.4. The summed E-state index contributed by atoms with van der Waals surface area (Å²) >= 11 is 0. The molecule has 1 nitrogen and oxygen atoms in total. The number of hydrogen-bond donors (Lipinski definition) is 1. The van der Waals surface area contributed by atoms with Crippen LogP contribution in [0.2, 0.25) is 0 Å². The van der Waals surface area contributed by atoms with Gasteiger partial charge in [0.25, 0.3) is 0 Å². The molecule has 0 radical (unpaired) electrons. The lowest BCUT2D eigenvalue weighted by Crippen LogP contribution is -2.23. The van der Waals surface area contributed by atoms with Crippen LogP contribution < -0.4 is 5.32 Å². The Hall–Kier alpha value is -1.15. The van der Waals surface area contributed by atoms with Crippen LogP contribution >= 0.6 is 0 Å². The van der Waals surface area contributed by atoms with Crippen LogP contribution in [0.1, 0.15) is 32.8 Å². The molecule has 0 unspecified atom stereocenters. The smallest absolute Gasteiger partial charge is 0.130 e. The summed E-state index contributed by atoms with van der Waals surface area (Å²) in [6.07, 6.45) is 3.01. The second kappa shape index (κ2) is 6.44. The topological polar surface area (TPSA) is 12.0 Å². The molecule has 0 heterocycles. The molecular weight excluding hydrogens is 201 g/mol. The number of rotatable bonds is 5. The van der Waals surface area contributed by atoms with Crippen LogP contribution in [-0.4, -0.2) is 12.6 Å². The Bertz CT molecular complexity index is 356. The third-order valence-corrected chi connectivity index (χ3v) is 2.45. The van der Waals surface area contributed by atoms with E-state index in [2.05, 4.69) is 25.2 Å². The summed E-state index contributed by atoms with van der Waals surface area (Å²) in [4.78, 5) is 0. The Labute approximate surface area is 97.4 Å². The molecule has 88 valence electrons. The SMILES string of the molecule is CC(=CCCNC(C)C)c1ccccc1F. The molecule has 0 aliphatic heterocycles. The fourth-order valence-electron chi connectivity index (χ4n) is 1.55. The average Bonchev–Trinajstić information content (AvgIpc) is 2.24. The third-order valence-electron chi connectivity index (χ3n) is 2.45. The van der Waals surface area contributed by atoms with Gasteiger partial charge in [0.1, 0.15) is 5.82 Å². The van der Waals surface area contributed by atoms with E-state index < -0.39 is 0 Å². The van der Waals surface area contributed by atoms with Gasteiger partial charge in [-0.25, -0.2) is 4.39 Å². The number of benzene rings is 1. The third kappa shape index (κ3) is 4.15.